The van der Waals surface area contributed by atoms with E-state index in [2.05, 4.69) is 29.6 Å². The fourth-order valence-corrected chi connectivity index (χ4v) is 2.67. The second-order valence-electron chi connectivity index (χ2n) is 5.06. The standard InChI is InChI=1S/C17H18FNO/c1-2-20-17-8-7-14(10-16(17)18)19-11-13-9-12-5-3-4-6-15(12)13/h3-8,10,13,19H,2,9,11H2,1H3. The second kappa shape index (κ2) is 5.53. The topological polar surface area (TPSA) is 21.3 Å². The van der Waals surface area contributed by atoms with Gasteiger partial charge in [-0.1, -0.05) is 24.3 Å². The number of ether oxygens (including phenoxy) is 1. The molecule has 2 aromatic carbocycles. The van der Waals surface area contributed by atoms with Gasteiger partial charge >= 0.3 is 0 Å². The lowest BCUT2D eigenvalue weighted by molar-refractivity contribution is 0.321. The molecule has 104 valence electrons. The van der Waals surface area contributed by atoms with E-state index in [4.69, 9.17) is 4.74 Å². The largest absolute Gasteiger partial charge is 0.491 e. The van der Waals surface area contributed by atoms with Crippen molar-refractivity contribution in [3.8, 4) is 5.75 Å². The fourth-order valence-electron chi connectivity index (χ4n) is 2.67. The van der Waals surface area contributed by atoms with Gasteiger partial charge in [-0.25, -0.2) is 4.39 Å². The van der Waals surface area contributed by atoms with Crippen molar-refractivity contribution >= 4 is 5.69 Å². The van der Waals surface area contributed by atoms with Crippen LogP contribution in [0.15, 0.2) is 42.5 Å². The molecule has 1 aliphatic rings. The quantitative estimate of drug-likeness (QED) is 0.888. The number of hydrogen-bond donors (Lipinski definition) is 1. The number of rotatable bonds is 5. The first kappa shape index (κ1) is 13.0. The number of nitrogens with one attached hydrogen (secondary N) is 1. The Morgan fingerprint density at radius 3 is 2.85 bits per heavy atom. The molecule has 20 heavy (non-hydrogen) atoms. The molecule has 0 saturated heterocycles. The molecule has 1 aliphatic carbocycles. The Morgan fingerprint density at radius 2 is 2.10 bits per heavy atom. The van der Waals surface area contributed by atoms with Crippen LogP contribution in [-0.2, 0) is 6.42 Å². The van der Waals surface area contributed by atoms with Crippen LogP contribution in [0.25, 0.3) is 0 Å². The number of benzene rings is 2. The molecule has 3 heteroatoms. The van der Waals surface area contributed by atoms with Crippen LogP contribution in [0.2, 0.25) is 0 Å². The normalized spacial score (nSPS) is 16.2. The van der Waals surface area contributed by atoms with Crippen LogP contribution in [0.5, 0.6) is 5.75 Å². The predicted octanol–water partition coefficient (Wildman–Crippen LogP) is 3.98. The third-order valence-corrected chi connectivity index (χ3v) is 3.75. The van der Waals surface area contributed by atoms with Crippen LogP contribution in [0.3, 0.4) is 0 Å². The summed E-state index contributed by atoms with van der Waals surface area (Å²) in [6.45, 7) is 3.16. The molecular weight excluding hydrogens is 253 g/mol. The highest BCUT2D eigenvalue weighted by atomic mass is 19.1. The van der Waals surface area contributed by atoms with Gasteiger partial charge < -0.3 is 10.1 Å². The van der Waals surface area contributed by atoms with Gasteiger partial charge in [0, 0.05) is 24.2 Å². The first-order valence-electron chi connectivity index (χ1n) is 7.02. The summed E-state index contributed by atoms with van der Waals surface area (Å²) in [4.78, 5) is 0. The minimum atomic E-state index is -0.314. The SMILES string of the molecule is CCOc1ccc(NCC2Cc3ccccc32)cc1F. The third kappa shape index (κ3) is 2.48. The minimum absolute atomic E-state index is 0.312. The lowest BCUT2D eigenvalue weighted by Gasteiger charge is -2.30. The fraction of sp³-hybridized carbons (Fsp3) is 0.294. The monoisotopic (exact) mass is 271 g/mol. The Balaban J connectivity index is 1.61. The summed E-state index contributed by atoms with van der Waals surface area (Å²) in [5.74, 6) is 0.527. The van der Waals surface area contributed by atoms with Gasteiger partial charge in [0.2, 0.25) is 0 Å². The molecule has 2 nitrogen and oxygen atoms in total. The molecule has 0 saturated carbocycles. The minimum Gasteiger partial charge on any atom is -0.491 e. The molecule has 0 amide bonds. The van der Waals surface area contributed by atoms with Crippen LogP contribution < -0.4 is 10.1 Å². The smallest absolute Gasteiger partial charge is 0.167 e. The van der Waals surface area contributed by atoms with Gasteiger partial charge in [-0.15, -0.1) is 0 Å². The molecule has 1 atom stereocenters. The number of halogens is 1. The van der Waals surface area contributed by atoms with Crippen molar-refractivity contribution in [1.29, 1.82) is 0 Å². The molecule has 1 N–H and O–H groups in total. The zero-order valence-corrected chi connectivity index (χ0v) is 11.5. The van der Waals surface area contributed by atoms with Gasteiger partial charge in [-0.2, -0.15) is 0 Å². The molecule has 0 aliphatic heterocycles. The molecule has 0 bridgehead atoms. The van der Waals surface area contributed by atoms with Crippen molar-refractivity contribution in [3.63, 3.8) is 0 Å². The van der Waals surface area contributed by atoms with Crippen molar-refractivity contribution in [2.24, 2.45) is 0 Å². The number of fused-ring (bicyclic) bond motifs is 1. The molecule has 0 aromatic heterocycles. The van der Waals surface area contributed by atoms with E-state index >= 15 is 0 Å². The van der Waals surface area contributed by atoms with Gasteiger partial charge in [0.05, 0.1) is 6.61 Å². The van der Waals surface area contributed by atoms with Gasteiger partial charge in [0.25, 0.3) is 0 Å². The van der Waals surface area contributed by atoms with Crippen molar-refractivity contribution in [3.05, 3.63) is 59.4 Å². The zero-order chi connectivity index (χ0) is 13.9. The average molecular weight is 271 g/mol. The van der Waals surface area contributed by atoms with Gasteiger partial charge in [0.15, 0.2) is 11.6 Å². The van der Waals surface area contributed by atoms with Crippen molar-refractivity contribution < 1.29 is 9.13 Å². The summed E-state index contributed by atoms with van der Waals surface area (Å²) < 4.78 is 18.9. The molecule has 3 rings (SSSR count). The Kier molecular flexibility index (Phi) is 3.59. The van der Waals surface area contributed by atoms with Crippen LogP contribution in [0, 0.1) is 5.82 Å². The summed E-state index contributed by atoms with van der Waals surface area (Å²) in [5, 5.41) is 3.30. The van der Waals surface area contributed by atoms with Crippen LogP contribution in [0.1, 0.15) is 24.0 Å². The predicted molar refractivity (Wildman–Crippen MR) is 78.9 cm³/mol. The van der Waals surface area contributed by atoms with E-state index in [1.54, 1.807) is 6.07 Å². The maximum absolute atomic E-state index is 13.7. The Hall–Kier alpha value is -2.03. The first-order chi connectivity index (χ1) is 9.78. The first-order valence-corrected chi connectivity index (χ1v) is 7.02. The van der Waals surface area contributed by atoms with E-state index in [0.29, 0.717) is 18.3 Å². The van der Waals surface area contributed by atoms with Crippen LogP contribution >= 0.6 is 0 Å². The van der Waals surface area contributed by atoms with Crippen molar-refractivity contribution in [1.82, 2.24) is 0 Å². The Morgan fingerprint density at radius 1 is 1.25 bits per heavy atom. The molecule has 2 aromatic rings. The number of anilines is 1. The molecule has 0 fully saturated rings. The molecule has 0 radical (unpaired) electrons. The summed E-state index contributed by atoms with van der Waals surface area (Å²) in [6.07, 6.45) is 1.10. The van der Waals surface area contributed by atoms with Crippen LogP contribution in [0.4, 0.5) is 10.1 Å². The Bertz CT molecular complexity index is 612. The maximum atomic E-state index is 13.7. The Labute approximate surface area is 118 Å². The van der Waals surface area contributed by atoms with E-state index in [-0.39, 0.29) is 5.82 Å². The van der Waals surface area contributed by atoms with Crippen molar-refractivity contribution in [2.45, 2.75) is 19.3 Å². The van der Waals surface area contributed by atoms with Crippen molar-refractivity contribution in [2.75, 3.05) is 18.5 Å². The van der Waals surface area contributed by atoms with E-state index in [1.165, 1.54) is 17.2 Å². The molecule has 0 spiro atoms. The summed E-state index contributed by atoms with van der Waals surface area (Å²) in [6, 6.07) is 13.5. The highest BCUT2D eigenvalue weighted by Gasteiger charge is 2.24. The number of hydrogen-bond acceptors (Lipinski definition) is 2. The summed E-state index contributed by atoms with van der Waals surface area (Å²) >= 11 is 0. The zero-order valence-electron chi connectivity index (χ0n) is 11.5. The van der Waals surface area contributed by atoms with E-state index < -0.39 is 0 Å². The lowest BCUT2D eigenvalue weighted by atomic mass is 9.77. The van der Waals surface area contributed by atoms with E-state index in [0.717, 1.165) is 18.7 Å². The highest BCUT2D eigenvalue weighted by molar-refractivity contribution is 5.49. The second-order valence-corrected chi connectivity index (χ2v) is 5.06. The average Bonchev–Trinajstić information content (AvgIpc) is 2.43. The molecule has 0 heterocycles. The summed E-state index contributed by atoms with van der Waals surface area (Å²) in [7, 11) is 0. The van der Waals surface area contributed by atoms with Gasteiger partial charge in [-0.3, -0.25) is 0 Å². The lowest BCUT2D eigenvalue weighted by Crippen LogP contribution is -2.24. The van der Waals surface area contributed by atoms with E-state index in [1.807, 2.05) is 13.0 Å². The van der Waals surface area contributed by atoms with Gasteiger partial charge in [0.1, 0.15) is 0 Å². The molecular formula is C17H18FNO. The third-order valence-electron chi connectivity index (χ3n) is 3.75. The van der Waals surface area contributed by atoms with Crippen LogP contribution in [-0.4, -0.2) is 13.2 Å². The maximum Gasteiger partial charge on any atom is 0.167 e. The highest BCUT2D eigenvalue weighted by Crippen LogP contribution is 2.34. The van der Waals surface area contributed by atoms with E-state index in [9.17, 15) is 4.39 Å². The van der Waals surface area contributed by atoms with Gasteiger partial charge in [-0.05, 0) is 36.6 Å². The summed E-state index contributed by atoms with van der Waals surface area (Å²) in [5.41, 5.74) is 3.64. The molecule has 1 unspecified atom stereocenters.